The summed E-state index contributed by atoms with van der Waals surface area (Å²) in [6, 6.07) is 0. The molecule has 2 atom stereocenters. The lowest BCUT2D eigenvalue weighted by molar-refractivity contribution is -0.0664. The number of ether oxygens (including phenoxy) is 1. The molecule has 1 fully saturated rings. The molecule has 0 aliphatic carbocycles. The summed E-state index contributed by atoms with van der Waals surface area (Å²) in [7, 11) is 0. The Morgan fingerprint density at radius 3 is 1.92 bits per heavy atom. The first-order chi connectivity index (χ1) is 5.72. The number of morpholine rings is 1. The molecule has 0 aromatic heterocycles. The van der Waals surface area contributed by atoms with Gasteiger partial charge in [-0.15, -0.1) is 0 Å². The molecule has 0 spiro atoms. The lowest BCUT2D eigenvalue weighted by Gasteiger charge is -2.34. The van der Waals surface area contributed by atoms with E-state index in [1.54, 1.807) is 0 Å². The van der Waals surface area contributed by atoms with Crippen molar-refractivity contribution in [2.45, 2.75) is 46.8 Å². The third-order valence-electron chi connectivity index (χ3n) is 1.94. The number of hydrogen-bond acceptors (Lipinski definition) is 2. The summed E-state index contributed by atoms with van der Waals surface area (Å²) in [6.45, 7) is 13.8. The summed E-state index contributed by atoms with van der Waals surface area (Å²) in [4.78, 5) is 2.43. The Morgan fingerprint density at radius 1 is 1.17 bits per heavy atom. The molecule has 0 aromatic carbocycles. The molecule has 0 bridgehead atoms. The van der Waals surface area contributed by atoms with E-state index in [9.17, 15) is 0 Å². The molecular weight excluding hydrogens is 150 g/mol. The Balaban J connectivity index is 0.000000561. The molecule has 0 saturated carbocycles. The molecule has 12 heavy (non-hydrogen) atoms. The monoisotopic (exact) mass is 173 g/mol. The number of nitrogens with zero attached hydrogens (tertiary/aromatic N) is 1. The number of likely N-dealkylation sites (N-methyl/N-ethyl adjacent to an activating group) is 1. The van der Waals surface area contributed by atoms with Crippen LogP contribution in [0.3, 0.4) is 0 Å². The van der Waals surface area contributed by atoms with Gasteiger partial charge in [-0.25, -0.2) is 0 Å². The second kappa shape index (κ2) is 6.44. The van der Waals surface area contributed by atoms with E-state index in [4.69, 9.17) is 4.74 Å². The van der Waals surface area contributed by atoms with Gasteiger partial charge in [-0.2, -0.15) is 0 Å². The minimum Gasteiger partial charge on any atom is -0.373 e. The molecule has 2 heteroatoms. The van der Waals surface area contributed by atoms with Crippen LogP contribution in [0.25, 0.3) is 0 Å². The van der Waals surface area contributed by atoms with Crippen molar-refractivity contribution in [2.24, 2.45) is 0 Å². The molecule has 1 saturated heterocycles. The van der Waals surface area contributed by atoms with Crippen LogP contribution < -0.4 is 0 Å². The van der Waals surface area contributed by atoms with Crippen molar-refractivity contribution in [1.29, 1.82) is 0 Å². The van der Waals surface area contributed by atoms with Crippen LogP contribution in [0.5, 0.6) is 0 Å². The predicted molar refractivity (Wildman–Crippen MR) is 53.5 cm³/mol. The van der Waals surface area contributed by atoms with E-state index in [2.05, 4.69) is 25.7 Å². The fourth-order valence-electron chi connectivity index (χ4n) is 1.54. The molecule has 0 aromatic rings. The van der Waals surface area contributed by atoms with Crippen molar-refractivity contribution in [3.63, 3.8) is 0 Å². The van der Waals surface area contributed by atoms with E-state index >= 15 is 0 Å². The Labute approximate surface area is 76.9 Å². The standard InChI is InChI=1S/C8H17NO.C2H6/c1-4-9-5-7(2)10-8(3)6-9;1-2/h7-8H,4-6H2,1-3H3;1-2H3/t7-,8+;. The molecule has 1 aliphatic rings. The summed E-state index contributed by atoms with van der Waals surface area (Å²) in [6.07, 6.45) is 0.840. The summed E-state index contributed by atoms with van der Waals surface area (Å²) in [5.74, 6) is 0. The van der Waals surface area contributed by atoms with Crippen LogP contribution in [0.1, 0.15) is 34.6 Å². The van der Waals surface area contributed by atoms with Crippen LogP contribution in [0, 0.1) is 0 Å². The smallest absolute Gasteiger partial charge is 0.0678 e. The van der Waals surface area contributed by atoms with E-state index < -0.39 is 0 Å². The van der Waals surface area contributed by atoms with Crippen LogP contribution in [0.4, 0.5) is 0 Å². The van der Waals surface area contributed by atoms with Crippen LogP contribution in [0.15, 0.2) is 0 Å². The van der Waals surface area contributed by atoms with E-state index in [0.29, 0.717) is 12.2 Å². The summed E-state index contributed by atoms with van der Waals surface area (Å²) < 4.78 is 5.58. The molecule has 1 rings (SSSR count). The average Bonchev–Trinajstić information content (AvgIpc) is 2.06. The van der Waals surface area contributed by atoms with Gasteiger partial charge >= 0.3 is 0 Å². The molecule has 0 amide bonds. The van der Waals surface area contributed by atoms with Gasteiger partial charge in [-0.05, 0) is 20.4 Å². The Morgan fingerprint density at radius 2 is 1.58 bits per heavy atom. The van der Waals surface area contributed by atoms with Gasteiger partial charge in [0.1, 0.15) is 0 Å². The largest absolute Gasteiger partial charge is 0.373 e. The van der Waals surface area contributed by atoms with Gasteiger partial charge in [0.2, 0.25) is 0 Å². The van der Waals surface area contributed by atoms with E-state index in [1.807, 2.05) is 13.8 Å². The molecule has 0 radical (unpaired) electrons. The fourth-order valence-corrected chi connectivity index (χ4v) is 1.54. The van der Waals surface area contributed by atoms with Crippen molar-refractivity contribution in [2.75, 3.05) is 19.6 Å². The highest BCUT2D eigenvalue weighted by atomic mass is 16.5. The fraction of sp³-hybridized carbons (Fsp3) is 1.00. The summed E-state index contributed by atoms with van der Waals surface area (Å²) in [5, 5.41) is 0. The van der Waals surface area contributed by atoms with Gasteiger partial charge in [0.15, 0.2) is 0 Å². The van der Waals surface area contributed by atoms with Crippen LogP contribution in [0.2, 0.25) is 0 Å². The zero-order valence-electron chi connectivity index (χ0n) is 9.13. The van der Waals surface area contributed by atoms with Crippen LogP contribution >= 0.6 is 0 Å². The van der Waals surface area contributed by atoms with Crippen molar-refractivity contribution < 1.29 is 4.74 Å². The summed E-state index contributed by atoms with van der Waals surface area (Å²) >= 11 is 0. The minimum absolute atomic E-state index is 0.420. The van der Waals surface area contributed by atoms with Gasteiger partial charge in [-0.1, -0.05) is 20.8 Å². The molecule has 74 valence electrons. The normalized spacial score (nSPS) is 30.8. The maximum Gasteiger partial charge on any atom is 0.0678 e. The van der Waals surface area contributed by atoms with Crippen LogP contribution in [-0.4, -0.2) is 36.7 Å². The third-order valence-corrected chi connectivity index (χ3v) is 1.94. The topological polar surface area (TPSA) is 12.5 Å². The van der Waals surface area contributed by atoms with Gasteiger partial charge in [0, 0.05) is 13.1 Å². The van der Waals surface area contributed by atoms with Crippen molar-refractivity contribution >= 4 is 0 Å². The molecule has 2 nitrogen and oxygen atoms in total. The maximum atomic E-state index is 5.58. The molecule has 0 N–H and O–H groups in total. The van der Waals surface area contributed by atoms with Crippen molar-refractivity contribution in [3.05, 3.63) is 0 Å². The number of hydrogen-bond donors (Lipinski definition) is 0. The lowest BCUT2D eigenvalue weighted by Crippen LogP contribution is -2.45. The molecule has 1 aliphatic heterocycles. The third kappa shape index (κ3) is 4.07. The van der Waals surface area contributed by atoms with Gasteiger partial charge in [0.05, 0.1) is 12.2 Å². The SMILES string of the molecule is CC.CCN1C[C@@H](C)O[C@@H](C)C1. The van der Waals surface area contributed by atoms with Gasteiger partial charge in [-0.3, -0.25) is 4.90 Å². The highest BCUT2D eigenvalue weighted by Crippen LogP contribution is 2.09. The minimum atomic E-state index is 0.420. The quantitative estimate of drug-likeness (QED) is 0.602. The zero-order valence-corrected chi connectivity index (χ0v) is 9.13. The molecule has 0 unspecified atom stereocenters. The molecule has 1 heterocycles. The first-order valence-corrected chi connectivity index (χ1v) is 5.10. The number of rotatable bonds is 1. The highest BCUT2D eigenvalue weighted by molar-refractivity contribution is 4.71. The first-order valence-electron chi connectivity index (χ1n) is 5.10. The highest BCUT2D eigenvalue weighted by Gasteiger charge is 2.20. The Bertz CT molecular complexity index is 96.0. The first kappa shape index (κ1) is 11.9. The second-order valence-electron chi connectivity index (χ2n) is 3.11. The van der Waals surface area contributed by atoms with Crippen LogP contribution in [-0.2, 0) is 4.74 Å². The Hall–Kier alpha value is -0.0800. The van der Waals surface area contributed by atoms with Crippen molar-refractivity contribution in [3.8, 4) is 0 Å². The maximum absolute atomic E-state index is 5.58. The van der Waals surface area contributed by atoms with E-state index in [-0.39, 0.29) is 0 Å². The molecular formula is C10H23NO. The van der Waals surface area contributed by atoms with Crippen molar-refractivity contribution in [1.82, 2.24) is 4.90 Å². The van der Waals surface area contributed by atoms with Gasteiger partial charge in [0.25, 0.3) is 0 Å². The lowest BCUT2D eigenvalue weighted by atomic mass is 10.2. The zero-order chi connectivity index (χ0) is 9.56. The predicted octanol–water partition coefficient (Wildman–Crippen LogP) is 2.14. The Kier molecular flexibility index (Phi) is 6.39. The van der Waals surface area contributed by atoms with E-state index in [1.165, 1.54) is 0 Å². The van der Waals surface area contributed by atoms with E-state index in [0.717, 1.165) is 19.6 Å². The second-order valence-corrected chi connectivity index (χ2v) is 3.11. The average molecular weight is 173 g/mol. The summed E-state index contributed by atoms with van der Waals surface area (Å²) in [5.41, 5.74) is 0. The van der Waals surface area contributed by atoms with Gasteiger partial charge < -0.3 is 4.74 Å².